The average molecular weight is 315 g/mol. The van der Waals surface area contributed by atoms with Crippen LogP contribution in [0.5, 0.6) is 0 Å². The van der Waals surface area contributed by atoms with E-state index in [2.05, 4.69) is 41.5 Å². The molecule has 0 aromatic carbocycles. The first-order valence-electron chi connectivity index (χ1n) is 9.89. The monoisotopic (exact) mass is 314 g/mol. The quantitative estimate of drug-likeness (QED) is 0.243. The van der Waals surface area contributed by atoms with E-state index in [0.717, 1.165) is 25.7 Å². The van der Waals surface area contributed by atoms with Crippen molar-refractivity contribution in [2.75, 3.05) is 0 Å². The molecule has 22 heavy (non-hydrogen) atoms. The van der Waals surface area contributed by atoms with Gasteiger partial charge >= 0.3 is 0 Å². The summed E-state index contributed by atoms with van der Waals surface area (Å²) in [6.07, 6.45) is 14.0. The van der Waals surface area contributed by atoms with Gasteiger partial charge in [-0.1, -0.05) is 66.2 Å². The van der Waals surface area contributed by atoms with E-state index in [1.54, 1.807) is 0 Å². The lowest BCUT2D eigenvalue weighted by Gasteiger charge is -2.37. The Morgan fingerprint density at radius 3 is 1.55 bits per heavy atom. The van der Waals surface area contributed by atoms with E-state index in [9.17, 15) is 0 Å². The topological polar surface area (TPSA) is 18.5 Å². The van der Waals surface area contributed by atoms with Gasteiger partial charge in [0, 0.05) is 6.42 Å². The van der Waals surface area contributed by atoms with Crippen LogP contribution < -0.4 is 0 Å². The van der Waals surface area contributed by atoms with Crippen LogP contribution in [0.15, 0.2) is 0 Å². The second-order valence-electron chi connectivity index (χ2n) is 6.81. The molecule has 0 aliphatic heterocycles. The molecule has 2 heteroatoms. The molecule has 0 amide bonds. The normalized spacial score (nSPS) is 17.2. The zero-order valence-corrected chi connectivity index (χ0v) is 16.2. The Balaban J connectivity index is 4.31. The fraction of sp³-hybridized carbons (Fsp3) is 1.00. The molecular formula is C20H42O2. The number of ether oxygens (including phenoxy) is 2. The molecule has 0 aliphatic rings. The van der Waals surface area contributed by atoms with Crippen molar-refractivity contribution in [2.45, 2.75) is 130 Å². The molecule has 0 saturated heterocycles. The molecule has 0 saturated carbocycles. The summed E-state index contributed by atoms with van der Waals surface area (Å²) in [6.45, 7) is 13.2. The van der Waals surface area contributed by atoms with Crippen LogP contribution in [0.4, 0.5) is 0 Å². The van der Waals surface area contributed by atoms with Crippen LogP contribution in [-0.4, -0.2) is 18.0 Å². The van der Waals surface area contributed by atoms with Crippen molar-refractivity contribution >= 4 is 0 Å². The highest BCUT2D eigenvalue weighted by atomic mass is 16.7. The molecule has 0 aliphatic carbocycles. The molecule has 0 bridgehead atoms. The molecule has 0 heterocycles. The molecule has 0 radical (unpaired) electrons. The summed E-state index contributed by atoms with van der Waals surface area (Å²) in [4.78, 5) is 0. The van der Waals surface area contributed by atoms with E-state index in [4.69, 9.17) is 9.47 Å². The third-order valence-corrected chi connectivity index (χ3v) is 4.68. The lowest BCUT2D eigenvalue weighted by molar-refractivity contribution is -0.279. The smallest absolute Gasteiger partial charge is 0.168 e. The highest BCUT2D eigenvalue weighted by Gasteiger charge is 2.32. The van der Waals surface area contributed by atoms with Crippen LogP contribution in [0.25, 0.3) is 0 Å². The molecule has 2 unspecified atom stereocenters. The Bertz CT molecular complexity index is 228. The van der Waals surface area contributed by atoms with E-state index < -0.39 is 0 Å². The molecular weight excluding hydrogens is 272 g/mol. The molecule has 0 aromatic rings. The van der Waals surface area contributed by atoms with Gasteiger partial charge in [-0.15, -0.1) is 0 Å². The predicted octanol–water partition coefficient (Wildman–Crippen LogP) is 6.86. The standard InChI is InChI=1S/C20H42O2/c1-7-11-12-13-14-15-16-17-20(10-4,21-18(5)8-2)22-19(6)9-3/h18-19H,7-17H2,1-6H3. The Kier molecular flexibility index (Phi) is 13.3. The van der Waals surface area contributed by atoms with Crippen LogP contribution in [0.1, 0.15) is 112 Å². The van der Waals surface area contributed by atoms with Crippen molar-refractivity contribution in [1.29, 1.82) is 0 Å². The second kappa shape index (κ2) is 13.4. The van der Waals surface area contributed by atoms with Crippen LogP contribution in [0, 0.1) is 0 Å². The molecule has 0 aromatic heterocycles. The molecule has 134 valence electrons. The second-order valence-corrected chi connectivity index (χ2v) is 6.81. The van der Waals surface area contributed by atoms with E-state index in [-0.39, 0.29) is 18.0 Å². The summed E-state index contributed by atoms with van der Waals surface area (Å²) in [5.74, 6) is -0.367. The summed E-state index contributed by atoms with van der Waals surface area (Å²) < 4.78 is 12.7. The Hall–Kier alpha value is -0.0800. The van der Waals surface area contributed by atoms with Crippen molar-refractivity contribution in [2.24, 2.45) is 0 Å². The van der Waals surface area contributed by atoms with Gasteiger partial charge in [0.1, 0.15) is 0 Å². The maximum Gasteiger partial charge on any atom is 0.168 e. The predicted molar refractivity (Wildman–Crippen MR) is 97.3 cm³/mol. The summed E-state index contributed by atoms with van der Waals surface area (Å²) in [6, 6.07) is 0. The van der Waals surface area contributed by atoms with Gasteiger partial charge in [0.25, 0.3) is 0 Å². The minimum atomic E-state index is -0.367. The van der Waals surface area contributed by atoms with Gasteiger partial charge in [0.2, 0.25) is 0 Å². The van der Waals surface area contributed by atoms with Crippen LogP contribution in [0.3, 0.4) is 0 Å². The Morgan fingerprint density at radius 1 is 0.682 bits per heavy atom. The summed E-state index contributed by atoms with van der Waals surface area (Å²) in [7, 11) is 0. The molecule has 0 N–H and O–H groups in total. The minimum absolute atomic E-state index is 0.272. The molecule has 2 atom stereocenters. The number of unbranched alkanes of at least 4 members (excludes halogenated alkanes) is 6. The van der Waals surface area contributed by atoms with Crippen molar-refractivity contribution in [1.82, 2.24) is 0 Å². The largest absolute Gasteiger partial charge is 0.347 e. The van der Waals surface area contributed by atoms with Gasteiger partial charge < -0.3 is 9.47 Å². The fourth-order valence-electron chi connectivity index (χ4n) is 2.74. The zero-order chi connectivity index (χ0) is 16.8. The van der Waals surface area contributed by atoms with E-state index in [1.807, 2.05) is 0 Å². The van der Waals surface area contributed by atoms with Gasteiger partial charge in [0.15, 0.2) is 5.79 Å². The highest BCUT2D eigenvalue weighted by Crippen LogP contribution is 2.30. The zero-order valence-electron chi connectivity index (χ0n) is 16.2. The average Bonchev–Trinajstić information content (AvgIpc) is 2.53. The first kappa shape index (κ1) is 21.9. The van der Waals surface area contributed by atoms with Crippen LogP contribution in [0.2, 0.25) is 0 Å². The number of hydrogen-bond donors (Lipinski definition) is 0. The summed E-state index contributed by atoms with van der Waals surface area (Å²) >= 11 is 0. The summed E-state index contributed by atoms with van der Waals surface area (Å²) in [5.41, 5.74) is 0. The molecule has 0 fully saturated rings. The molecule has 0 rings (SSSR count). The maximum atomic E-state index is 6.33. The van der Waals surface area contributed by atoms with E-state index in [1.165, 1.54) is 44.9 Å². The molecule has 2 nitrogen and oxygen atoms in total. The lowest BCUT2D eigenvalue weighted by Crippen LogP contribution is -2.40. The van der Waals surface area contributed by atoms with Gasteiger partial charge in [-0.25, -0.2) is 0 Å². The van der Waals surface area contributed by atoms with Gasteiger partial charge in [0.05, 0.1) is 12.2 Å². The number of rotatable bonds is 15. The highest BCUT2D eigenvalue weighted by molar-refractivity contribution is 4.72. The van der Waals surface area contributed by atoms with Gasteiger partial charge in [-0.3, -0.25) is 0 Å². The van der Waals surface area contributed by atoms with E-state index >= 15 is 0 Å². The maximum absolute atomic E-state index is 6.33. The first-order chi connectivity index (χ1) is 10.5. The fourth-order valence-corrected chi connectivity index (χ4v) is 2.74. The van der Waals surface area contributed by atoms with Crippen molar-refractivity contribution in [3.8, 4) is 0 Å². The van der Waals surface area contributed by atoms with E-state index in [0.29, 0.717) is 0 Å². The molecule has 0 spiro atoms. The Labute approximate surface area is 140 Å². The van der Waals surface area contributed by atoms with Crippen molar-refractivity contribution < 1.29 is 9.47 Å². The minimum Gasteiger partial charge on any atom is -0.347 e. The third-order valence-electron chi connectivity index (χ3n) is 4.68. The van der Waals surface area contributed by atoms with Crippen LogP contribution >= 0.6 is 0 Å². The Morgan fingerprint density at radius 2 is 1.14 bits per heavy atom. The van der Waals surface area contributed by atoms with Gasteiger partial charge in [-0.2, -0.15) is 0 Å². The van der Waals surface area contributed by atoms with Crippen molar-refractivity contribution in [3.05, 3.63) is 0 Å². The van der Waals surface area contributed by atoms with Crippen LogP contribution in [-0.2, 0) is 9.47 Å². The van der Waals surface area contributed by atoms with Crippen molar-refractivity contribution in [3.63, 3.8) is 0 Å². The third kappa shape index (κ3) is 9.84. The SMILES string of the molecule is CCCCCCCCCC(CC)(OC(C)CC)OC(C)CC. The summed E-state index contributed by atoms with van der Waals surface area (Å²) in [5, 5.41) is 0. The lowest BCUT2D eigenvalue weighted by atomic mass is 10.0. The number of hydrogen-bond acceptors (Lipinski definition) is 2. The van der Waals surface area contributed by atoms with Gasteiger partial charge in [-0.05, 0) is 39.5 Å². The first-order valence-corrected chi connectivity index (χ1v) is 9.89.